The number of hydrogen-bond acceptors (Lipinski definition) is 2. The minimum atomic E-state index is 0.157. The summed E-state index contributed by atoms with van der Waals surface area (Å²) in [5.41, 5.74) is 1.34. The van der Waals surface area contributed by atoms with Gasteiger partial charge in [0, 0.05) is 24.0 Å². The molecule has 0 saturated heterocycles. The Balaban J connectivity index is 2.42. The van der Waals surface area contributed by atoms with Crippen LogP contribution in [0.4, 0.5) is 0 Å². The van der Waals surface area contributed by atoms with Gasteiger partial charge < -0.3 is 5.32 Å². The van der Waals surface area contributed by atoms with Crippen molar-refractivity contribution >= 4 is 11.6 Å². The van der Waals surface area contributed by atoms with Crippen LogP contribution >= 0.6 is 11.6 Å². The molecule has 0 saturated carbocycles. The van der Waals surface area contributed by atoms with E-state index in [0.717, 1.165) is 24.4 Å². The molecule has 0 fully saturated rings. The van der Waals surface area contributed by atoms with E-state index in [1.54, 1.807) is 0 Å². The van der Waals surface area contributed by atoms with Gasteiger partial charge in [-0.1, -0.05) is 43.6 Å². The van der Waals surface area contributed by atoms with Gasteiger partial charge in [-0.15, -0.1) is 0 Å². The molecule has 0 aliphatic rings. The molecule has 1 aromatic rings. The summed E-state index contributed by atoms with van der Waals surface area (Å²) in [6.45, 7) is 7.48. The second kappa shape index (κ2) is 7.53. The molecule has 0 heterocycles. The molecule has 104 valence electrons. The Labute approximate surface area is 121 Å². The topological polar surface area (TPSA) is 35.8 Å². The van der Waals surface area contributed by atoms with Gasteiger partial charge in [0.2, 0.25) is 0 Å². The predicted octanol–water partition coefficient (Wildman–Crippen LogP) is 4.19. The van der Waals surface area contributed by atoms with Gasteiger partial charge in [-0.3, -0.25) is 0 Å². The van der Waals surface area contributed by atoms with Crippen molar-refractivity contribution in [2.24, 2.45) is 5.41 Å². The van der Waals surface area contributed by atoms with E-state index in [1.807, 2.05) is 18.2 Å². The number of nitrogens with one attached hydrogen (secondary N) is 1. The van der Waals surface area contributed by atoms with E-state index in [1.165, 1.54) is 5.56 Å². The zero-order chi connectivity index (χ0) is 14.3. The molecular formula is C16H23ClN2. The van der Waals surface area contributed by atoms with Gasteiger partial charge >= 0.3 is 0 Å². The van der Waals surface area contributed by atoms with Gasteiger partial charge in [0.1, 0.15) is 0 Å². The van der Waals surface area contributed by atoms with Crippen LogP contribution in [0.5, 0.6) is 0 Å². The van der Waals surface area contributed by atoms with E-state index >= 15 is 0 Å². The fourth-order valence-electron chi connectivity index (χ4n) is 2.00. The summed E-state index contributed by atoms with van der Waals surface area (Å²) >= 11 is 6.16. The van der Waals surface area contributed by atoms with E-state index in [-0.39, 0.29) is 5.41 Å². The van der Waals surface area contributed by atoms with Crippen LogP contribution in [-0.4, -0.2) is 12.6 Å². The first kappa shape index (κ1) is 16.0. The zero-order valence-electron chi connectivity index (χ0n) is 12.0. The molecular weight excluding hydrogens is 256 g/mol. The SMILES string of the molecule is CC(Cc1ccccc1Cl)NCC(C)(C)CCC#N. The molecule has 0 bridgehead atoms. The molecule has 0 aromatic heterocycles. The molecule has 1 N–H and O–H groups in total. The highest BCUT2D eigenvalue weighted by Crippen LogP contribution is 2.21. The first-order valence-electron chi connectivity index (χ1n) is 6.78. The Morgan fingerprint density at radius 3 is 2.68 bits per heavy atom. The van der Waals surface area contributed by atoms with Crippen molar-refractivity contribution in [2.45, 2.75) is 46.1 Å². The lowest BCUT2D eigenvalue weighted by Crippen LogP contribution is -2.36. The van der Waals surface area contributed by atoms with Crippen molar-refractivity contribution in [3.05, 3.63) is 34.9 Å². The van der Waals surface area contributed by atoms with Crippen LogP contribution < -0.4 is 5.32 Å². The van der Waals surface area contributed by atoms with Crippen LogP contribution in [0.1, 0.15) is 39.2 Å². The van der Waals surface area contributed by atoms with Gasteiger partial charge in [-0.05, 0) is 36.8 Å². The van der Waals surface area contributed by atoms with Crippen LogP contribution in [0.15, 0.2) is 24.3 Å². The van der Waals surface area contributed by atoms with E-state index in [2.05, 4.69) is 38.2 Å². The first-order chi connectivity index (χ1) is 8.94. The van der Waals surface area contributed by atoms with Crippen LogP contribution in [-0.2, 0) is 6.42 Å². The summed E-state index contributed by atoms with van der Waals surface area (Å²) in [7, 11) is 0. The lowest BCUT2D eigenvalue weighted by atomic mass is 9.87. The Morgan fingerprint density at radius 2 is 2.05 bits per heavy atom. The molecule has 1 unspecified atom stereocenters. The highest BCUT2D eigenvalue weighted by atomic mass is 35.5. The third-order valence-corrected chi connectivity index (χ3v) is 3.70. The summed E-state index contributed by atoms with van der Waals surface area (Å²) in [5.74, 6) is 0. The Hall–Kier alpha value is -1.04. The van der Waals surface area contributed by atoms with Crippen molar-refractivity contribution in [1.82, 2.24) is 5.32 Å². The number of halogens is 1. The Kier molecular flexibility index (Phi) is 6.34. The molecule has 2 nitrogen and oxygen atoms in total. The second-order valence-electron chi connectivity index (χ2n) is 5.90. The Morgan fingerprint density at radius 1 is 1.37 bits per heavy atom. The van der Waals surface area contributed by atoms with Gasteiger partial charge in [-0.25, -0.2) is 0 Å². The number of nitriles is 1. The molecule has 0 spiro atoms. The normalized spacial score (nSPS) is 13.0. The van der Waals surface area contributed by atoms with Gasteiger partial charge in [0.15, 0.2) is 0 Å². The lowest BCUT2D eigenvalue weighted by molar-refractivity contribution is 0.303. The van der Waals surface area contributed by atoms with E-state index < -0.39 is 0 Å². The summed E-state index contributed by atoms with van der Waals surface area (Å²) in [6.07, 6.45) is 2.47. The van der Waals surface area contributed by atoms with Gasteiger partial charge in [-0.2, -0.15) is 5.26 Å². The fraction of sp³-hybridized carbons (Fsp3) is 0.562. The average Bonchev–Trinajstić information content (AvgIpc) is 2.37. The lowest BCUT2D eigenvalue weighted by Gasteiger charge is -2.26. The van der Waals surface area contributed by atoms with Crippen molar-refractivity contribution in [1.29, 1.82) is 5.26 Å². The molecule has 0 amide bonds. The summed E-state index contributed by atoms with van der Waals surface area (Å²) in [5, 5.41) is 13.0. The number of rotatable bonds is 7. The molecule has 0 aliphatic heterocycles. The van der Waals surface area contributed by atoms with Crippen LogP contribution in [0.2, 0.25) is 5.02 Å². The molecule has 1 rings (SSSR count). The van der Waals surface area contributed by atoms with Gasteiger partial charge in [0.05, 0.1) is 6.07 Å². The maximum absolute atomic E-state index is 8.65. The quantitative estimate of drug-likeness (QED) is 0.812. The summed E-state index contributed by atoms with van der Waals surface area (Å²) in [6, 6.07) is 10.6. The monoisotopic (exact) mass is 278 g/mol. The van der Waals surface area contributed by atoms with Crippen LogP contribution in [0.25, 0.3) is 0 Å². The third-order valence-electron chi connectivity index (χ3n) is 3.33. The maximum Gasteiger partial charge on any atom is 0.0621 e. The standard InChI is InChI=1S/C16H23ClN2/c1-13(11-14-7-4-5-8-15(14)17)19-12-16(2,3)9-6-10-18/h4-5,7-8,13,19H,6,9,11-12H2,1-3H3. The van der Waals surface area contributed by atoms with Crippen molar-refractivity contribution in [2.75, 3.05) is 6.54 Å². The largest absolute Gasteiger partial charge is 0.313 e. The molecule has 1 atom stereocenters. The van der Waals surface area contributed by atoms with Crippen molar-refractivity contribution in [3.8, 4) is 6.07 Å². The molecule has 0 aliphatic carbocycles. The highest BCUT2D eigenvalue weighted by molar-refractivity contribution is 6.31. The van der Waals surface area contributed by atoms with Crippen LogP contribution in [0.3, 0.4) is 0 Å². The molecule has 0 radical (unpaired) electrons. The minimum absolute atomic E-state index is 0.157. The van der Waals surface area contributed by atoms with Crippen molar-refractivity contribution in [3.63, 3.8) is 0 Å². The van der Waals surface area contributed by atoms with E-state index in [4.69, 9.17) is 16.9 Å². The Bertz CT molecular complexity index is 435. The summed E-state index contributed by atoms with van der Waals surface area (Å²) in [4.78, 5) is 0. The van der Waals surface area contributed by atoms with E-state index in [0.29, 0.717) is 12.5 Å². The number of hydrogen-bond donors (Lipinski definition) is 1. The summed E-state index contributed by atoms with van der Waals surface area (Å²) < 4.78 is 0. The van der Waals surface area contributed by atoms with Crippen LogP contribution in [0, 0.1) is 16.7 Å². The average molecular weight is 279 g/mol. The van der Waals surface area contributed by atoms with Gasteiger partial charge in [0.25, 0.3) is 0 Å². The zero-order valence-corrected chi connectivity index (χ0v) is 12.8. The number of benzene rings is 1. The number of nitrogens with zero attached hydrogens (tertiary/aromatic N) is 1. The fourth-order valence-corrected chi connectivity index (χ4v) is 2.21. The highest BCUT2D eigenvalue weighted by Gasteiger charge is 2.18. The first-order valence-corrected chi connectivity index (χ1v) is 7.16. The van der Waals surface area contributed by atoms with E-state index in [9.17, 15) is 0 Å². The molecule has 19 heavy (non-hydrogen) atoms. The smallest absolute Gasteiger partial charge is 0.0621 e. The third kappa shape index (κ3) is 6.09. The second-order valence-corrected chi connectivity index (χ2v) is 6.31. The molecule has 3 heteroatoms. The maximum atomic E-state index is 8.65. The molecule has 1 aromatic carbocycles. The van der Waals surface area contributed by atoms with Crippen molar-refractivity contribution < 1.29 is 0 Å². The minimum Gasteiger partial charge on any atom is -0.313 e. The predicted molar refractivity (Wildman–Crippen MR) is 81.2 cm³/mol.